The quantitative estimate of drug-likeness (QED) is 0.537. The van der Waals surface area contributed by atoms with Crippen molar-refractivity contribution in [3.05, 3.63) is 51.7 Å². The molecule has 5 nitrogen and oxygen atoms in total. The van der Waals surface area contributed by atoms with Gasteiger partial charge in [-0.3, -0.25) is 9.59 Å². The molecule has 28 heavy (non-hydrogen) atoms. The Morgan fingerprint density at radius 2 is 2.00 bits per heavy atom. The predicted octanol–water partition coefficient (Wildman–Crippen LogP) is 4.64. The van der Waals surface area contributed by atoms with Crippen LogP contribution in [0, 0.1) is 12.7 Å². The van der Waals surface area contributed by atoms with Crippen LogP contribution >= 0.6 is 11.8 Å². The lowest BCUT2D eigenvalue weighted by Crippen LogP contribution is -2.31. The molecular weight excluding hydrogens is 398 g/mol. The van der Waals surface area contributed by atoms with Crippen LogP contribution in [-0.2, 0) is 6.18 Å². The molecule has 0 radical (unpaired) electrons. The molecule has 152 valence electrons. The summed E-state index contributed by atoms with van der Waals surface area (Å²) in [5.41, 5.74) is -3.11. The zero-order chi connectivity index (χ0) is 21.2. The molecule has 10 heteroatoms. The maximum Gasteiger partial charge on any atom is 0.418 e. The summed E-state index contributed by atoms with van der Waals surface area (Å²) in [5.74, 6) is -0.877. The molecule has 1 amide bonds. The van der Waals surface area contributed by atoms with Crippen molar-refractivity contribution in [2.75, 3.05) is 7.05 Å². The van der Waals surface area contributed by atoms with Gasteiger partial charge in [-0.2, -0.15) is 23.0 Å². The van der Waals surface area contributed by atoms with Crippen molar-refractivity contribution in [1.82, 2.24) is 14.7 Å². The van der Waals surface area contributed by atoms with E-state index in [1.54, 1.807) is 7.05 Å². The average molecular weight is 417 g/mol. The van der Waals surface area contributed by atoms with Crippen molar-refractivity contribution in [3.63, 3.8) is 0 Å². The summed E-state index contributed by atoms with van der Waals surface area (Å²) in [6, 6.07) is 3.67. The zero-order valence-electron chi connectivity index (χ0n) is 15.7. The maximum absolute atomic E-state index is 14.5. The molecule has 2 aromatic rings. The fraction of sp³-hybridized carbons (Fsp3) is 0.389. The summed E-state index contributed by atoms with van der Waals surface area (Å²) in [6.45, 7) is 4.83. The van der Waals surface area contributed by atoms with E-state index in [9.17, 15) is 27.2 Å². The van der Waals surface area contributed by atoms with E-state index in [4.69, 9.17) is 0 Å². The van der Waals surface area contributed by atoms with Crippen LogP contribution in [0.25, 0.3) is 5.69 Å². The minimum absolute atomic E-state index is 0.0158. The molecule has 0 saturated heterocycles. The molecule has 1 heterocycles. The topological polar surface area (TPSA) is 55.2 Å². The van der Waals surface area contributed by atoms with Gasteiger partial charge in [0.1, 0.15) is 11.5 Å². The number of hydrogen-bond donors (Lipinski definition) is 0. The summed E-state index contributed by atoms with van der Waals surface area (Å²) >= 11 is 0.817. The second kappa shape index (κ2) is 8.34. The van der Waals surface area contributed by atoms with Gasteiger partial charge >= 0.3 is 6.18 Å². The van der Waals surface area contributed by atoms with Crippen molar-refractivity contribution in [2.45, 2.75) is 44.3 Å². The van der Waals surface area contributed by atoms with Crippen molar-refractivity contribution in [3.8, 4) is 5.69 Å². The second-order valence-corrected chi connectivity index (χ2v) is 7.27. The highest BCUT2D eigenvalue weighted by atomic mass is 32.2. The van der Waals surface area contributed by atoms with Crippen LogP contribution < -0.4 is 5.56 Å². The van der Waals surface area contributed by atoms with E-state index in [-0.39, 0.29) is 17.0 Å². The highest BCUT2D eigenvalue weighted by Crippen LogP contribution is 2.30. The van der Waals surface area contributed by atoms with E-state index in [0.29, 0.717) is 15.8 Å². The average Bonchev–Trinajstić information content (AvgIpc) is 2.62. The minimum Gasteiger partial charge on any atom is -0.334 e. The van der Waals surface area contributed by atoms with E-state index in [0.717, 1.165) is 31.2 Å². The number of alkyl halides is 3. The van der Waals surface area contributed by atoms with Crippen LogP contribution in [0.4, 0.5) is 22.4 Å². The standard InChI is InChI=1S/C18H19F4N3O2S/c1-5-10(2)24(4)17(27)28-12-6-7-15(14(19)8-12)25-16(26)11(3)13(9-23-25)18(20,21)22/h6-10H,5H2,1-4H3. The number of halogens is 4. The highest BCUT2D eigenvalue weighted by Gasteiger charge is 2.34. The second-order valence-electron chi connectivity index (χ2n) is 6.25. The third-order valence-electron chi connectivity index (χ3n) is 4.42. The Labute approximate surface area is 163 Å². The van der Waals surface area contributed by atoms with Gasteiger partial charge in [-0.15, -0.1) is 0 Å². The van der Waals surface area contributed by atoms with Crippen LogP contribution in [0.1, 0.15) is 31.4 Å². The van der Waals surface area contributed by atoms with Gasteiger partial charge in [-0.25, -0.2) is 4.39 Å². The first-order valence-corrected chi connectivity index (χ1v) is 9.19. The number of amides is 1. The van der Waals surface area contributed by atoms with Crippen LogP contribution in [0.3, 0.4) is 0 Å². The first kappa shape index (κ1) is 21.9. The molecule has 0 N–H and O–H groups in total. The van der Waals surface area contributed by atoms with E-state index >= 15 is 0 Å². The molecule has 1 atom stereocenters. The van der Waals surface area contributed by atoms with Gasteiger partial charge in [0.05, 0.1) is 11.8 Å². The van der Waals surface area contributed by atoms with Gasteiger partial charge < -0.3 is 4.90 Å². The SMILES string of the molecule is CCC(C)N(C)C(=O)Sc1ccc(-n2ncc(C(F)(F)F)c(C)c2=O)c(F)c1. The van der Waals surface area contributed by atoms with Crippen LogP contribution in [0.2, 0.25) is 0 Å². The molecule has 0 spiro atoms. The van der Waals surface area contributed by atoms with Gasteiger partial charge in [0.15, 0.2) is 0 Å². The Bertz CT molecular complexity index is 943. The largest absolute Gasteiger partial charge is 0.418 e. The minimum atomic E-state index is -4.73. The van der Waals surface area contributed by atoms with Crippen LogP contribution in [-0.4, -0.2) is 33.0 Å². The summed E-state index contributed by atoms with van der Waals surface area (Å²) in [6.07, 6.45) is -3.47. The predicted molar refractivity (Wildman–Crippen MR) is 98.3 cm³/mol. The molecule has 2 rings (SSSR count). The van der Waals surface area contributed by atoms with Crippen molar-refractivity contribution in [1.29, 1.82) is 0 Å². The number of thioether (sulfide) groups is 1. The Kier molecular flexibility index (Phi) is 6.53. The van der Waals surface area contributed by atoms with E-state index in [2.05, 4.69) is 5.10 Å². The lowest BCUT2D eigenvalue weighted by molar-refractivity contribution is -0.138. The molecule has 0 fully saturated rings. The Morgan fingerprint density at radius 3 is 2.54 bits per heavy atom. The van der Waals surface area contributed by atoms with E-state index in [1.165, 1.54) is 17.0 Å². The van der Waals surface area contributed by atoms with Crippen molar-refractivity contribution in [2.24, 2.45) is 0 Å². The van der Waals surface area contributed by atoms with Crippen molar-refractivity contribution >= 4 is 17.0 Å². The number of carbonyl (C=O) groups excluding carboxylic acids is 1. The lowest BCUT2D eigenvalue weighted by atomic mass is 10.2. The van der Waals surface area contributed by atoms with E-state index in [1.807, 2.05) is 13.8 Å². The Balaban J connectivity index is 2.34. The van der Waals surface area contributed by atoms with Gasteiger partial charge in [-0.05, 0) is 50.2 Å². The molecule has 1 unspecified atom stereocenters. The highest BCUT2D eigenvalue weighted by molar-refractivity contribution is 8.13. The van der Waals surface area contributed by atoms with E-state index < -0.39 is 28.7 Å². The van der Waals surface area contributed by atoms with Crippen LogP contribution in [0.5, 0.6) is 0 Å². The Morgan fingerprint density at radius 1 is 1.36 bits per heavy atom. The van der Waals surface area contributed by atoms with Gasteiger partial charge in [0.25, 0.3) is 10.8 Å². The summed E-state index contributed by atoms with van der Waals surface area (Å²) in [7, 11) is 1.64. The summed E-state index contributed by atoms with van der Waals surface area (Å²) in [4.78, 5) is 26.3. The fourth-order valence-corrected chi connectivity index (χ4v) is 3.17. The molecule has 0 bridgehead atoms. The summed E-state index contributed by atoms with van der Waals surface area (Å²) in [5, 5.41) is 3.18. The number of rotatable bonds is 4. The molecule has 1 aromatic heterocycles. The van der Waals surface area contributed by atoms with Gasteiger partial charge in [0, 0.05) is 23.5 Å². The number of nitrogens with zero attached hydrogens (tertiary/aromatic N) is 3. The third-order valence-corrected chi connectivity index (χ3v) is 5.37. The fourth-order valence-electron chi connectivity index (χ4n) is 2.35. The first-order chi connectivity index (χ1) is 13.0. The molecule has 1 aromatic carbocycles. The maximum atomic E-state index is 14.5. The smallest absolute Gasteiger partial charge is 0.334 e. The molecule has 0 aliphatic carbocycles. The Hall–Kier alpha value is -2.36. The zero-order valence-corrected chi connectivity index (χ0v) is 16.5. The molecule has 0 aliphatic heterocycles. The van der Waals surface area contributed by atoms with Crippen molar-refractivity contribution < 1.29 is 22.4 Å². The number of carbonyl (C=O) groups is 1. The summed E-state index contributed by atoms with van der Waals surface area (Å²) < 4.78 is 53.7. The monoisotopic (exact) mass is 417 g/mol. The van der Waals surface area contributed by atoms with Gasteiger partial charge in [-0.1, -0.05) is 6.92 Å². The molecule has 0 saturated carbocycles. The number of aromatic nitrogens is 2. The molecule has 0 aliphatic rings. The number of benzene rings is 1. The third kappa shape index (κ3) is 4.54. The van der Waals surface area contributed by atoms with Gasteiger partial charge in [0.2, 0.25) is 0 Å². The number of hydrogen-bond acceptors (Lipinski definition) is 4. The lowest BCUT2D eigenvalue weighted by Gasteiger charge is -2.23. The van der Waals surface area contributed by atoms with Crippen LogP contribution in [0.15, 0.2) is 34.1 Å². The molecular formula is C18H19F4N3O2S. The normalized spacial score (nSPS) is 12.7. The first-order valence-electron chi connectivity index (χ1n) is 8.38.